The quantitative estimate of drug-likeness (QED) is 0.393. The van der Waals surface area contributed by atoms with Gasteiger partial charge in [-0.1, -0.05) is 42.5 Å². The van der Waals surface area contributed by atoms with Gasteiger partial charge in [-0.2, -0.15) is 0 Å². The summed E-state index contributed by atoms with van der Waals surface area (Å²) in [5.41, 5.74) is 3.53. The Morgan fingerprint density at radius 1 is 0.944 bits per heavy atom. The molecule has 1 N–H and O–H groups in total. The molecular weight excluding hydrogens is 476 g/mol. The van der Waals surface area contributed by atoms with Crippen molar-refractivity contribution in [1.82, 2.24) is 4.90 Å². The maximum atomic E-state index is 12.7. The smallest absolute Gasteiger partial charge is 0.293 e. The molecule has 3 aromatic rings. The van der Waals surface area contributed by atoms with Crippen molar-refractivity contribution in [1.29, 1.82) is 0 Å². The number of nitrogens with zero attached hydrogens (tertiary/aromatic N) is 1. The second kappa shape index (κ2) is 11.6. The fourth-order valence-corrected chi connectivity index (χ4v) is 4.38. The Morgan fingerprint density at radius 3 is 2.47 bits per heavy atom. The van der Waals surface area contributed by atoms with Gasteiger partial charge in [0.2, 0.25) is 0 Å². The van der Waals surface area contributed by atoms with Crippen molar-refractivity contribution in [2.45, 2.75) is 13.8 Å². The molecule has 1 aliphatic heterocycles. The van der Waals surface area contributed by atoms with Crippen LogP contribution in [-0.4, -0.2) is 41.7 Å². The van der Waals surface area contributed by atoms with Crippen molar-refractivity contribution in [3.05, 3.63) is 94.4 Å². The largest absolute Gasteiger partial charge is 0.492 e. The molecule has 7 nitrogen and oxygen atoms in total. The minimum absolute atomic E-state index is 0.128. The second-order valence-electron chi connectivity index (χ2n) is 8.22. The molecule has 0 bridgehead atoms. The van der Waals surface area contributed by atoms with Gasteiger partial charge in [-0.15, -0.1) is 0 Å². The van der Waals surface area contributed by atoms with Crippen LogP contribution in [0, 0.1) is 13.8 Å². The zero-order chi connectivity index (χ0) is 25.5. The molecule has 0 spiro atoms. The van der Waals surface area contributed by atoms with Crippen LogP contribution >= 0.6 is 11.8 Å². The number of nitrogens with one attached hydrogen (secondary N) is 1. The van der Waals surface area contributed by atoms with E-state index in [1.807, 2.05) is 62.4 Å². The van der Waals surface area contributed by atoms with Crippen molar-refractivity contribution < 1.29 is 23.9 Å². The van der Waals surface area contributed by atoms with E-state index in [9.17, 15) is 14.4 Å². The van der Waals surface area contributed by atoms with Gasteiger partial charge in [0.1, 0.15) is 18.1 Å². The summed E-state index contributed by atoms with van der Waals surface area (Å²) in [6, 6.07) is 22.1. The fourth-order valence-electron chi connectivity index (χ4n) is 3.51. The number of imide groups is 1. The van der Waals surface area contributed by atoms with E-state index in [4.69, 9.17) is 9.47 Å². The topological polar surface area (TPSA) is 84.9 Å². The van der Waals surface area contributed by atoms with Gasteiger partial charge < -0.3 is 14.8 Å². The molecule has 0 unspecified atom stereocenters. The molecule has 3 amide bonds. The van der Waals surface area contributed by atoms with Gasteiger partial charge in [-0.05, 0) is 78.7 Å². The number of rotatable bonds is 9. The molecule has 4 rings (SSSR count). The average molecular weight is 503 g/mol. The molecule has 3 aromatic carbocycles. The lowest BCUT2D eigenvalue weighted by Crippen LogP contribution is -2.32. The van der Waals surface area contributed by atoms with Crippen LogP contribution in [0.2, 0.25) is 0 Å². The van der Waals surface area contributed by atoms with E-state index in [0.717, 1.165) is 34.1 Å². The Labute approximate surface area is 214 Å². The number of ether oxygens (including phenoxy) is 2. The number of hydrogen-bond acceptors (Lipinski definition) is 6. The average Bonchev–Trinajstić information content (AvgIpc) is 3.12. The molecule has 1 fully saturated rings. The number of aryl methyl sites for hydroxylation is 2. The Hall–Kier alpha value is -4.04. The molecule has 1 aliphatic rings. The van der Waals surface area contributed by atoms with Crippen molar-refractivity contribution in [2.75, 3.05) is 25.1 Å². The molecule has 36 heavy (non-hydrogen) atoms. The standard InChI is InChI=1S/C28H26N2O5S/c1-19-6-5-8-23(16-19)34-15-14-30-27(32)25(36-28(30)33)17-21-10-12-22(13-11-21)35-18-26(31)29-24-9-4-3-7-20(24)2/h3-13,16-17H,14-15,18H2,1-2H3,(H,29,31)/b25-17-. The summed E-state index contributed by atoms with van der Waals surface area (Å²) in [4.78, 5) is 38.8. The highest BCUT2D eigenvalue weighted by Gasteiger charge is 2.34. The maximum Gasteiger partial charge on any atom is 0.293 e. The van der Waals surface area contributed by atoms with Gasteiger partial charge in [0.05, 0.1) is 11.4 Å². The lowest BCUT2D eigenvalue weighted by atomic mass is 10.2. The predicted octanol–water partition coefficient (Wildman–Crippen LogP) is 5.44. The third kappa shape index (κ3) is 6.55. The SMILES string of the molecule is Cc1cccc(OCCN2C(=O)S/C(=C\c3ccc(OCC(=O)Nc4ccccc4C)cc3)C2=O)c1. The Kier molecular flexibility index (Phi) is 8.07. The van der Waals surface area contributed by atoms with Crippen LogP contribution in [0.3, 0.4) is 0 Å². The van der Waals surface area contributed by atoms with Crippen molar-refractivity contribution in [3.63, 3.8) is 0 Å². The summed E-state index contributed by atoms with van der Waals surface area (Å²) in [6.45, 7) is 4.15. The maximum absolute atomic E-state index is 12.7. The van der Waals surface area contributed by atoms with Crippen LogP contribution in [0.15, 0.2) is 77.7 Å². The first-order valence-electron chi connectivity index (χ1n) is 11.4. The Balaban J connectivity index is 1.28. The number of anilines is 1. The lowest BCUT2D eigenvalue weighted by Gasteiger charge is -2.13. The molecule has 0 aliphatic carbocycles. The first-order valence-corrected chi connectivity index (χ1v) is 12.2. The lowest BCUT2D eigenvalue weighted by molar-refractivity contribution is -0.123. The van der Waals surface area contributed by atoms with Crippen LogP contribution in [-0.2, 0) is 9.59 Å². The minimum atomic E-state index is -0.342. The number of para-hydroxylation sites is 1. The fraction of sp³-hybridized carbons (Fsp3) is 0.179. The number of thioether (sulfide) groups is 1. The van der Waals surface area contributed by atoms with E-state index >= 15 is 0 Å². The summed E-state index contributed by atoms with van der Waals surface area (Å²) in [6.07, 6.45) is 1.67. The van der Waals surface area contributed by atoms with Crippen LogP contribution < -0.4 is 14.8 Å². The number of amides is 3. The number of benzene rings is 3. The van der Waals surface area contributed by atoms with E-state index in [0.29, 0.717) is 16.4 Å². The molecule has 0 atom stereocenters. The number of hydrogen-bond donors (Lipinski definition) is 1. The minimum Gasteiger partial charge on any atom is -0.492 e. The first-order chi connectivity index (χ1) is 17.4. The van der Waals surface area contributed by atoms with E-state index in [2.05, 4.69) is 5.32 Å². The zero-order valence-electron chi connectivity index (χ0n) is 20.0. The molecule has 1 saturated heterocycles. The van der Waals surface area contributed by atoms with Gasteiger partial charge in [0.25, 0.3) is 17.1 Å². The van der Waals surface area contributed by atoms with E-state index in [-0.39, 0.29) is 36.8 Å². The van der Waals surface area contributed by atoms with Gasteiger partial charge in [-0.25, -0.2) is 0 Å². The van der Waals surface area contributed by atoms with E-state index in [1.165, 1.54) is 4.90 Å². The van der Waals surface area contributed by atoms with Gasteiger partial charge in [0, 0.05) is 5.69 Å². The molecule has 1 heterocycles. The highest BCUT2D eigenvalue weighted by Crippen LogP contribution is 2.32. The molecular formula is C28H26N2O5S. The van der Waals surface area contributed by atoms with Gasteiger partial charge in [-0.3, -0.25) is 19.3 Å². The monoisotopic (exact) mass is 502 g/mol. The van der Waals surface area contributed by atoms with Crippen LogP contribution in [0.5, 0.6) is 11.5 Å². The highest BCUT2D eigenvalue weighted by atomic mass is 32.2. The summed E-state index contributed by atoms with van der Waals surface area (Å²) >= 11 is 0.905. The molecule has 0 radical (unpaired) electrons. The first kappa shape index (κ1) is 25.1. The van der Waals surface area contributed by atoms with Gasteiger partial charge in [0.15, 0.2) is 6.61 Å². The normalized spacial score (nSPS) is 14.3. The van der Waals surface area contributed by atoms with E-state index < -0.39 is 0 Å². The summed E-state index contributed by atoms with van der Waals surface area (Å²) in [5.74, 6) is 0.625. The molecule has 0 saturated carbocycles. The van der Waals surface area contributed by atoms with Crippen LogP contribution in [0.25, 0.3) is 6.08 Å². The Morgan fingerprint density at radius 2 is 1.72 bits per heavy atom. The second-order valence-corrected chi connectivity index (χ2v) is 9.21. The van der Waals surface area contributed by atoms with Crippen molar-refractivity contribution >= 4 is 40.6 Å². The zero-order valence-corrected chi connectivity index (χ0v) is 20.8. The molecule has 0 aromatic heterocycles. The van der Waals surface area contributed by atoms with Crippen molar-refractivity contribution in [2.24, 2.45) is 0 Å². The summed E-state index contributed by atoms with van der Waals surface area (Å²) in [5, 5.41) is 2.50. The van der Waals surface area contributed by atoms with Crippen LogP contribution in [0.1, 0.15) is 16.7 Å². The van der Waals surface area contributed by atoms with Gasteiger partial charge >= 0.3 is 0 Å². The van der Waals surface area contributed by atoms with Crippen LogP contribution in [0.4, 0.5) is 10.5 Å². The summed E-state index contributed by atoms with van der Waals surface area (Å²) in [7, 11) is 0. The third-order valence-corrected chi connectivity index (χ3v) is 6.32. The molecule has 8 heteroatoms. The molecule has 184 valence electrons. The van der Waals surface area contributed by atoms with E-state index in [1.54, 1.807) is 30.3 Å². The predicted molar refractivity (Wildman–Crippen MR) is 141 cm³/mol. The number of carbonyl (C=O) groups excluding carboxylic acids is 3. The Bertz CT molecular complexity index is 1300. The summed E-state index contributed by atoms with van der Waals surface area (Å²) < 4.78 is 11.2. The number of carbonyl (C=O) groups is 3. The third-order valence-electron chi connectivity index (χ3n) is 5.41. The van der Waals surface area contributed by atoms with Crippen molar-refractivity contribution in [3.8, 4) is 11.5 Å². The highest BCUT2D eigenvalue weighted by molar-refractivity contribution is 8.18.